The van der Waals surface area contributed by atoms with Gasteiger partial charge in [0.1, 0.15) is 5.54 Å². The van der Waals surface area contributed by atoms with E-state index in [4.69, 9.17) is 5.26 Å². The summed E-state index contributed by atoms with van der Waals surface area (Å²) < 4.78 is 25.7. The number of nitrogens with zero attached hydrogens (tertiary/aromatic N) is 2. The van der Waals surface area contributed by atoms with Gasteiger partial charge in [0.05, 0.1) is 11.0 Å². The van der Waals surface area contributed by atoms with Crippen molar-refractivity contribution in [3.63, 3.8) is 0 Å². The highest BCUT2D eigenvalue weighted by atomic mass is 32.2. The molecule has 98 valence electrons. The Balaban J connectivity index is 3.18. The molecule has 5 heteroatoms. The Morgan fingerprint density at radius 3 is 2.17 bits per heavy atom. The van der Waals surface area contributed by atoms with Crippen molar-refractivity contribution in [2.45, 2.75) is 37.6 Å². The minimum atomic E-state index is -3.62. The second-order valence-corrected chi connectivity index (χ2v) is 6.61. The number of hydrogen-bond acceptors (Lipinski definition) is 3. The van der Waals surface area contributed by atoms with Crippen molar-refractivity contribution in [2.75, 3.05) is 7.05 Å². The third kappa shape index (κ3) is 2.71. The summed E-state index contributed by atoms with van der Waals surface area (Å²) >= 11 is 0. The number of sulfonamides is 1. The second-order valence-electron chi connectivity index (χ2n) is 4.64. The Morgan fingerprint density at radius 2 is 1.78 bits per heavy atom. The minimum absolute atomic E-state index is 0.213. The van der Waals surface area contributed by atoms with E-state index in [1.807, 2.05) is 13.0 Å². The van der Waals surface area contributed by atoms with Crippen LogP contribution in [0.1, 0.15) is 26.3 Å². The SMILES string of the molecule is CCc1ccc(S(=O)(=O)N(C)C(C)(C)C#N)cc1. The van der Waals surface area contributed by atoms with Gasteiger partial charge in [-0.15, -0.1) is 0 Å². The van der Waals surface area contributed by atoms with E-state index < -0.39 is 15.6 Å². The predicted octanol–water partition coefficient (Wildman–Crippen LogP) is 2.17. The maximum absolute atomic E-state index is 12.3. The van der Waals surface area contributed by atoms with Crippen LogP contribution in [0.4, 0.5) is 0 Å². The first-order chi connectivity index (χ1) is 8.25. The van der Waals surface area contributed by atoms with Gasteiger partial charge in [-0.3, -0.25) is 0 Å². The van der Waals surface area contributed by atoms with Gasteiger partial charge in [-0.05, 0) is 38.0 Å². The summed E-state index contributed by atoms with van der Waals surface area (Å²) in [6, 6.07) is 8.73. The fraction of sp³-hybridized carbons (Fsp3) is 0.462. The smallest absolute Gasteiger partial charge is 0.207 e. The summed E-state index contributed by atoms with van der Waals surface area (Å²) in [5, 5.41) is 9.00. The van der Waals surface area contributed by atoms with E-state index in [2.05, 4.69) is 0 Å². The lowest BCUT2D eigenvalue weighted by atomic mass is 10.1. The van der Waals surface area contributed by atoms with Crippen LogP contribution in [0, 0.1) is 11.3 Å². The summed E-state index contributed by atoms with van der Waals surface area (Å²) in [5.41, 5.74) is 0.0126. The van der Waals surface area contributed by atoms with E-state index in [0.717, 1.165) is 16.3 Å². The van der Waals surface area contributed by atoms with Gasteiger partial charge in [0, 0.05) is 7.05 Å². The van der Waals surface area contributed by atoms with Crippen molar-refractivity contribution in [3.8, 4) is 6.07 Å². The molecule has 1 aromatic rings. The normalized spacial score (nSPS) is 12.4. The zero-order chi connectivity index (χ0) is 14.0. The van der Waals surface area contributed by atoms with Crippen LogP contribution in [-0.2, 0) is 16.4 Å². The van der Waals surface area contributed by atoms with Gasteiger partial charge in [-0.1, -0.05) is 19.1 Å². The zero-order valence-electron chi connectivity index (χ0n) is 11.1. The van der Waals surface area contributed by atoms with Crippen LogP contribution in [0.5, 0.6) is 0 Å². The molecular formula is C13H18N2O2S. The van der Waals surface area contributed by atoms with Gasteiger partial charge >= 0.3 is 0 Å². The van der Waals surface area contributed by atoms with E-state index in [0.29, 0.717) is 0 Å². The molecule has 4 nitrogen and oxygen atoms in total. The molecule has 1 aromatic carbocycles. The van der Waals surface area contributed by atoms with Crippen molar-refractivity contribution in [1.29, 1.82) is 5.26 Å². The highest BCUT2D eigenvalue weighted by Gasteiger charge is 2.33. The van der Waals surface area contributed by atoms with Gasteiger partial charge in [-0.2, -0.15) is 9.57 Å². The fourth-order valence-corrected chi connectivity index (χ4v) is 2.86. The number of nitriles is 1. The number of hydrogen-bond donors (Lipinski definition) is 0. The van der Waals surface area contributed by atoms with Crippen LogP contribution >= 0.6 is 0 Å². The number of aryl methyl sites for hydroxylation is 1. The molecule has 0 saturated heterocycles. The first-order valence-corrected chi connectivity index (χ1v) is 7.19. The lowest BCUT2D eigenvalue weighted by Gasteiger charge is -2.28. The van der Waals surface area contributed by atoms with Gasteiger partial charge in [0.2, 0.25) is 10.0 Å². The maximum Gasteiger partial charge on any atom is 0.244 e. The molecule has 0 N–H and O–H groups in total. The molecule has 0 aliphatic carbocycles. The molecule has 0 radical (unpaired) electrons. The van der Waals surface area contributed by atoms with Crippen LogP contribution in [0.3, 0.4) is 0 Å². The number of rotatable bonds is 4. The highest BCUT2D eigenvalue weighted by Crippen LogP contribution is 2.22. The molecular weight excluding hydrogens is 248 g/mol. The van der Waals surface area contributed by atoms with Crippen molar-refractivity contribution in [2.24, 2.45) is 0 Å². The van der Waals surface area contributed by atoms with Gasteiger partial charge in [0.15, 0.2) is 0 Å². The molecule has 18 heavy (non-hydrogen) atoms. The van der Waals surface area contributed by atoms with E-state index in [1.165, 1.54) is 7.05 Å². The van der Waals surface area contributed by atoms with Crippen LogP contribution in [-0.4, -0.2) is 25.3 Å². The molecule has 0 heterocycles. The van der Waals surface area contributed by atoms with E-state index in [-0.39, 0.29) is 4.90 Å². The van der Waals surface area contributed by atoms with Crippen LogP contribution in [0.2, 0.25) is 0 Å². The van der Waals surface area contributed by atoms with Crippen LogP contribution in [0.25, 0.3) is 0 Å². The second kappa shape index (κ2) is 5.09. The Morgan fingerprint density at radius 1 is 1.28 bits per heavy atom. The molecule has 0 spiro atoms. The van der Waals surface area contributed by atoms with E-state index >= 15 is 0 Å². The molecule has 0 amide bonds. The molecule has 0 atom stereocenters. The molecule has 0 aliphatic heterocycles. The van der Waals surface area contributed by atoms with Crippen molar-refractivity contribution >= 4 is 10.0 Å². The van der Waals surface area contributed by atoms with E-state index in [1.54, 1.807) is 38.1 Å². The quantitative estimate of drug-likeness (QED) is 0.839. The number of benzene rings is 1. The largest absolute Gasteiger partial charge is 0.244 e. The van der Waals surface area contributed by atoms with Crippen molar-refractivity contribution in [1.82, 2.24) is 4.31 Å². The summed E-state index contributed by atoms with van der Waals surface area (Å²) in [4.78, 5) is 0.213. The third-order valence-corrected chi connectivity index (χ3v) is 5.10. The van der Waals surface area contributed by atoms with Crippen LogP contribution in [0.15, 0.2) is 29.2 Å². The van der Waals surface area contributed by atoms with Crippen LogP contribution < -0.4 is 0 Å². The molecule has 1 rings (SSSR count). The standard InChI is InChI=1S/C13H18N2O2S/c1-5-11-6-8-12(9-7-11)18(16,17)15(4)13(2,3)10-14/h6-9H,5H2,1-4H3. The zero-order valence-corrected chi connectivity index (χ0v) is 12.0. The van der Waals surface area contributed by atoms with Gasteiger partial charge in [-0.25, -0.2) is 8.42 Å². The predicted molar refractivity (Wildman–Crippen MR) is 70.5 cm³/mol. The summed E-state index contributed by atoms with van der Waals surface area (Å²) in [7, 11) is -2.20. The van der Waals surface area contributed by atoms with Crippen molar-refractivity contribution in [3.05, 3.63) is 29.8 Å². The topological polar surface area (TPSA) is 61.2 Å². The van der Waals surface area contributed by atoms with Gasteiger partial charge in [0.25, 0.3) is 0 Å². The molecule has 0 unspecified atom stereocenters. The minimum Gasteiger partial charge on any atom is -0.207 e. The summed E-state index contributed by atoms with van der Waals surface area (Å²) in [5.74, 6) is 0. The maximum atomic E-state index is 12.3. The third-order valence-electron chi connectivity index (χ3n) is 3.05. The highest BCUT2D eigenvalue weighted by molar-refractivity contribution is 7.89. The molecule has 0 aromatic heterocycles. The average molecular weight is 266 g/mol. The van der Waals surface area contributed by atoms with Crippen molar-refractivity contribution < 1.29 is 8.42 Å². The Bertz CT molecular complexity index is 554. The monoisotopic (exact) mass is 266 g/mol. The molecule has 0 saturated carbocycles. The molecule has 0 bridgehead atoms. The first-order valence-electron chi connectivity index (χ1n) is 5.75. The first kappa shape index (κ1) is 14.7. The summed E-state index contributed by atoms with van der Waals surface area (Å²) in [6.45, 7) is 5.16. The lowest BCUT2D eigenvalue weighted by Crippen LogP contribution is -2.43. The Hall–Kier alpha value is -1.38. The fourth-order valence-electron chi connectivity index (χ4n) is 1.43. The summed E-state index contributed by atoms with van der Waals surface area (Å²) in [6.07, 6.45) is 0.861. The van der Waals surface area contributed by atoms with Gasteiger partial charge < -0.3 is 0 Å². The lowest BCUT2D eigenvalue weighted by molar-refractivity contribution is 0.337. The molecule has 0 fully saturated rings. The van der Waals surface area contributed by atoms with E-state index in [9.17, 15) is 8.42 Å². The Labute approximate surface area is 109 Å². The average Bonchev–Trinajstić information content (AvgIpc) is 2.37. The Kier molecular flexibility index (Phi) is 4.15. The molecule has 0 aliphatic rings.